The molecule has 1 aromatic rings. The highest BCUT2D eigenvalue weighted by atomic mass is 16.5. The number of aldehydes is 1. The maximum absolute atomic E-state index is 10.7. The van der Waals surface area contributed by atoms with Gasteiger partial charge in [-0.25, -0.2) is 0 Å². The van der Waals surface area contributed by atoms with E-state index in [-0.39, 0.29) is 0 Å². The van der Waals surface area contributed by atoms with E-state index in [4.69, 9.17) is 4.74 Å². The summed E-state index contributed by atoms with van der Waals surface area (Å²) in [7, 11) is 0. The van der Waals surface area contributed by atoms with Crippen LogP contribution < -0.4 is 4.74 Å². The molecule has 0 aromatic carbocycles. The Labute approximate surface area is 89.5 Å². The maximum Gasteiger partial charge on any atom is 0.155 e. The van der Waals surface area contributed by atoms with E-state index < -0.39 is 0 Å². The van der Waals surface area contributed by atoms with Crippen molar-refractivity contribution in [2.75, 3.05) is 6.61 Å². The molecule has 80 valence electrons. The Kier molecular flexibility index (Phi) is 2.71. The van der Waals surface area contributed by atoms with Crippen molar-refractivity contribution >= 4 is 6.29 Å². The summed E-state index contributed by atoms with van der Waals surface area (Å²) in [6.45, 7) is 2.91. The molecule has 1 saturated carbocycles. The summed E-state index contributed by atoms with van der Waals surface area (Å²) in [5.41, 5.74) is 0.837. The predicted octanol–water partition coefficient (Wildman–Crippen LogP) is 2.46. The third kappa shape index (κ3) is 2.17. The minimum atomic E-state index is 0.309. The van der Waals surface area contributed by atoms with E-state index >= 15 is 0 Å². The Morgan fingerprint density at radius 2 is 2.40 bits per heavy atom. The molecular weight excluding hydrogens is 190 g/mol. The highest BCUT2D eigenvalue weighted by Crippen LogP contribution is 2.40. The van der Waals surface area contributed by atoms with E-state index in [1.165, 1.54) is 25.5 Å². The summed E-state index contributed by atoms with van der Waals surface area (Å²) < 4.78 is 5.66. The van der Waals surface area contributed by atoms with Gasteiger partial charge >= 0.3 is 0 Å². The molecule has 0 unspecified atom stereocenters. The average molecular weight is 205 g/mol. The van der Waals surface area contributed by atoms with Crippen molar-refractivity contribution in [2.45, 2.75) is 26.2 Å². The van der Waals surface area contributed by atoms with Crippen LogP contribution in [0.15, 0.2) is 18.5 Å². The van der Waals surface area contributed by atoms with Gasteiger partial charge in [0, 0.05) is 17.8 Å². The first-order valence-electron chi connectivity index (χ1n) is 5.25. The Hall–Kier alpha value is -1.38. The van der Waals surface area contributed by atoms with Crippen LogP contribution in [-0.2, 0) is 0 Å². The Morgan fingerprint density at radius 3 is 3.00 bits per heavy atom. The number of hydrogen-bond acceptors (Lipinski definition) is 3. The fourth-order valence-corrected chi connectivity index (χ4v) is 1.79. The van der Waals surface area contributed by atoms with Crippen molar-refractivity contribution < 1.29 is 9.53 Å². The van der Waals surface area contributed by atoms with Crippen molar-refractivity contribution in [1.82, 2.24) is 4.98 Å². The van der Waals surface area contributed by atoms with Crippen LogP contribution in [0.1, 0.15) is 36.5 Å². The van der Waals surface area contributed by atoms with E-state index in [1.807, 2.05) is 0 Å². The zero-order chi connectivity index (χ0) is 10.7. The molecule has 0 radical (unpaired) electrons. The number of nitrogens with zero attached hydrogens (tertiary/aromatic N) is 1. The lowest BCUT2D eigenvalue weighted by molar-refractivity contribution is 0.0766. The van der Waals surface area contributed by atoms with Gasteiger partial charge in [0.1, 0.15) is 5.75 Å². The molecule has 1 aliphatic carbocycles. The number of rotatable bonds is 4. The van der Waals surface area contributed by atoms with E-state index in [1.54, 1.807) is 12.3 Å². The van der Waals surface area contributed by atoms with Crippen LogP contribution in [0, 0.1) is 5.41 Å². The molecule has 0 bridgehead atoms. The van der Waals surface area contributed by atoms with Gasteiger partial charge in [0.2, 0.25) is 0 Å². The molecule has 0 atom stereocenters. The molecule has 2 rings (SSSR count). The lowest BCUT2D eigenvalue weighted by Crippen LogP contribution is -2.32. The zero-order valence-corrected chi connectivity index (χ0v) is 8.90. The molecule has 15 heavy (non-hydrogen) atoms. The molecular formula is C12H15NO2. The molecule has 1 fully saturated rings. The Bertz CT molecular complexity index is 358. The summed E-state index contributed by atoms with van der Waals surface area (Å²) in [4.78, 5) is 14.6. The van der Waals surface area contributed by atoms with Gasteiger partial charge in [0.25, 0.3) is 0 Å². The summed E-state index contributed by atoms with van der Waals surface area (Å²) in [6.07, 6.45) is 7.68. The SMILES string of the molecule is CC1(COc2ccncc2C=O)CCC1. The second-order valence-electron chi connectivity index (χ2n) is 4.48. The molecule has 0 aliphatic heterocycles. The quantitative estimate of drug-likeness (QED) is 0.709. The van der Waals surface area contributed by atoms with E-state index in [0.717, 1.165) is 6.29 Å². The van der Waals surface area contributed by atoms with Crippen LogP contribution in [0.5, 0.6) is 5.75 Å². The van der Waals surface area contributed by atoms with Gasteiger partial charge in [-0.15, -0.1) is 0 Å². The largest absolute Gasteiger partial charge is 0.492 e. The highest BCUT2D eigenvalue weighted by Gasteiger charge is 2.32. The topological polar surface area (TPSA) is 39.2 Å². The lowest BCUT2D eigenvalue weighted by atomic mass is 9.71. The first kappa shape index (κ1) is 10.1. The smallest absolute Gasteiger partial charge is 0.155 e. The summed E-state index contributed by atoms with van der Waals surface area (Å²) in [6, 6.07) is 1.74. The zero-order valence-electron chi connectivity index (χ0n) is 8.90. The molecule has 0 spiro atoms. The van der Waals surface area contributed by atoms with Crippen molar-refractivity contribution in [3.63, 3.8) is 0 Å². The molecule has 3 heteroatoms. The molecule has 1 heterocycles. The monoisotopic (exact) mass is 205 g/mol. The first-order valence-corrected chi connectivity index (χ1v) is 5.25. The molecule has 1 aliphatic rings. The average Bonchev–Trinajstić information content (AvgIpc) is 2.24. The minimum absolute atomic E-state index is 0.309. The van der Waals surface area contributed by atoms with Gasteiger partial charge in [0.15, 0.2) is 6.29 Å². The molecule has 0 N–H and O–H groups in total. The van der Waals surface area contributed by atoms with Crippen LogP contribution in [0.4, 0.5) is 0 Å². The van der Waals surface area contributed by atoms with Crippen LogP contribution >= 0.6 is 0 Å². The number of carbonyl (C=O) groups is 1. The van der Waals surface area contributed by atoms with Crippen molar-refractivity contribution in [2.24, 2.45) is 5.41 Å². The van der Waals surface area contributed by atoms with Gasteiger partial charge in [-0.3, -0.25) is 9.78 Å². The van der Waals surface area contributed by atoms with Crippen molar-refractivity contribution in [1.29, 1.82) is 0 Å². The number of pyridine rings is 1. The Morgan fingerprint density at radius 1 is 1.60 bits per heavy atom. The fourth-order valence-electron chi connectivity index (χ4n) is 1.79. The lowest BCUT2D eigenvalue weighted by Gasteiger charge is -2.37. The van der Waals surface area contributed by atoms with Gasteiger partial charge in [0.05, 0.1) is 12.2 Å². The number of hydrogen-bond donors (Lipinski definition) is 0. The van der Waals surface area contributed by atoms with Crippen molar-refractivity contribution in [3.8, 4) is 5.75 Å². The normalized spacial score (nSPS) is 17.9. The minimum Gasteiger partial charge on any atom is -0.492 e. The van der Waals surface area contributed by atoms with E-state index in [2.05, 4.69) is 11.9 Å². The second-order valence-corrected chi connectivity index (χ2v) is 4.48. The molecule has 1 aromatic heterocycles. The number of ether oxygens (including phenoxy) is 1. The maximum atomic E-state index is 10.7. The van der Waals surface area contributed by atoms with Gasteiger partial charge < -0.3 is 4.74 Å². The third-order valence-electron chi connectivity index (χ3n) is 3.07. The predicted molar refractivity (Wildman–Crippen MR) is 57.1 cm³/mol. The van der Waals surface area contributed by atoms with Gasteiger partial charge in [-0.05, 0) is 18.9 Å². The van der Waals surface area contributed by atoms with Gasteiger partial charge in [-0.2, -0.15) is 0 Å². The standard InChI is InChI=1S/C12H15NO2/c1-12(4-2-5-12)9-15-11-3-6-13-7-10(11)8-14/h3,6-8H,2,4-5,9H2,1H3. The molecule has 0 amide bonds. The van der Waals surface area contributed by atoms with Crippen LogP contribution in [0.25, 0.3) is 0 Å². The number of aromatic nitrogens is 1. The Balaban J connectivity index is 2.01. The summed E-state index contributed by atoms with van der Waals surface area (Å²) in [5, 5.41) is 0. The van der Waals surface area contributed by atoms with E-state index in [0.29, 0.717) is 23.3 Å². The summed E-state index contributed by atoms with van der Waals surface area (Å²) >= 11 is 0. The first-order chi connectivity index (χ1) is 7.23. The molecule has 3 nitrogen and oxygen atoms in total. The van der Waals surface area contributed by atoms with Crippen molar-refractivity contribution in [3.05, 3.63) is 24.0 Å². The fraction of sp³-hybridized carbons (Fsp3) is 0.500. The van der Waals surface area contributed by atoms with Crippen LogP contribution in [0.2, 0.25) is 0 Å². The van der Waals surface area contributed by atoms with Crippen LogP contribution in [-0.4, -0.2) is 17.9 Å². The van der Waals surface area contributed by atoms with E-state index in [9.17, 15) is 4.79 Å². The highest BCUT2D eigenvalue weighted by molar-refractivity contribution is 5.78. The van der Waals surface area contributed by atoms with Crippen LogP contribution in [0.3, 0.4) is 0 Å². The van der Waals surface area contributed by atoms with Gasteiger partial charge in [-0.1, -0.05) is 13.3 Å². The third-order valence-corrected chi connectivity index (χ3v) is 3.07. The second kappa shape index (κ2) is 4.01. The number of carbonyl (C=O) groups excluding carboxylic acids is 1. The summed E-state index contributed by atoms with van der Waals surface area (Å²) in [5.74, 6) is 0.646. The molecule has 0 saturated heterocycles.